The van der Waals surface area contributed by atoms with Crippen molar-refractivity contribution in [2.24, 2.45) is 0 Å². The summed E-state index contributed by atoms with van der Waals surface area (Å²) in [5.41, 5.74) is 21.0. The van der Waals surface area contributed by atoms with Gasteiger partial charge in [-0.1, -0.05) is 250 Å². The number of anilines is 1. The first kappa shape index (κ1) is 102. The molecular formula is C108H141BrN10O7Sn. The third kappa shape index (κ3) is 29.8. The first-order valence-corrected chi connectivity index (χ1v) is 54.3. The molecule has 3 aliphatic heterocycles. The number of nitrogens with two attached hydrogens (primary N) is 1. The first-order valence-electron chi connectivity index (χ1n) is 45.9. The van der Waals surface area contributed by atoms with Crippen LogP contribution < -0.4 is 28.0 Å². The van der Waals surface area contributed by atoms with Crippen LogP contribution in [0.2, 0.25) is 13.3 Å². The van der Waals surface area contributed by atoms with Crippen LogP contribution in [0.1, 0.15) is 276 Å². The van der Waals surface area contributed by atoms with Crippen molar-refractivity contribution in [3.8, 4) is 45.0 Å². The van der Waals surface area contributed by atoms with E-state index in [1.54, 1.807) is 78.0 Å². The molecule has 0 atom stereocenters. The minimum atomic E-state index is -1.85. The summed E-state index contributed by atoms with van der Waals surface area (Å²) in [6, 6.07) is 55.0. The Morgan fingerprint density at radius 3 is 1.26 bits per heavy atom. The second-order valence-corrected chi connectivity index (χ2v) is 52.6. The Balaban J connectivity index is 0.000000186. The monoisotopic (exact) mass is 1890 g/mol. The van der Waals surface area contributed by atoms with E-state index in [0.29, 0.717) is 39.4 Å². The van der Waals surface area contributed by atoms with Gasteiger partial charge in [-0.25, -0.2) is 24.9 Å². The number of nitrogen functional groups attached to an aromatic ring is 1. The molecule has 0 spiro atoms. The van der Waals surface area contributed by atoms with E-state index < -0.39 is 24.3 Å². The number of ether oxygens (including phenoxy) is 1. The average Bonchev–Trinajstić information content (AvgIpc) is 0.901. The Morgan fingerprint density at radius 1 is 0.465 bits per heavy atom. The fourth-order valence-electron chi connectivity index (χ4n) is 15.4. The topological polar surface area (TPSA) is 221 Å². The van der Waals surface area contributed by atoms with Crippen LogP contribution in [0.25, 0.3) is 56.8 Å². The van der Waals surface area contributed by atoms with E-state index in [9.17, 15) is 28.8 Å². The zero-order valence-corrected chi connectivity index (χ0v) is 83.9. The molecule has 9 heterocycles. The summed E-state index contributed by atoms with van der Waals surface area (Å²) in [5.74, 6) is 2.65. The maximum absolute atomic E-state index is 12.7. The molecule has 5 aromatic carbocycles. The zero-order chi connectivity index (χ0) is 93.0. The van der Waals surface area contributed by atoms with Crippen molar-refractivity contribution < 1.29 is 14.3 Å². The van der Waals surface area contributed by atoms with Crippen LogP contribution in [0.5, 0.6) is 0 Å². The Labute approximate surface area is 768 Å². The molecular weight excluding hydrogens is 1750 g/mol. The number of aromatic nitrogens is 9. The van der Waals surface area contributed by atoms with E-state index >= 15 is 0 Å². The van der Waals surface area contributed by atoms with Crippen LogP contribution in [0.15, 0.2) is 223 Å². The molecule has 14 rings (SSSR count). The fraction of sp³-hybridized carbons (Fsp3) is 0.435. The van der Waals surface area contributed by atoms with Crippen molar-refractivity contribution in [3.63, 3.8) is 0 Å². The number of fused-ring (bicyclic) bond motifs is 4. The molecule has 0 saturated carbocycles. The summed E-state index contributed by atoms with van der Waals surface area (Å²) < 4.78 is 19.5. The molecule has 3 aliphatic rings. The molecule has 0 fully saturated rings. The number of ketones is 1. The van der Waals surface area contributed by atoms with E-state index in [4.69, 9.17) is 25.4 Å². The third-order valence-electron chi connectivity index (χ3n) is 23.5. The molecule has 0 unspecified atom stereocenters. The van der Waals surface area contributed by atoms with Gasteiger partial charge in [-0.15, -0.1) is 0 Å². The minimum absolute atomic E-state index is 0.0413. The normalized spacial score (nSPS) is 13.0. The minimum Gasteiger partial charge on any atom is -0.466 e. The molecule has 6 aromatic heterocycles. The predicted molar refractivity (Wildman–Crippen MR) is 535 cm³/mol. The number of esters is 1. The van der Waals surface area contributed by atoms with Gasteiger partial charge in [-0.2, -0.15) is 0 Å². The van der Waals surface area contributed by atoms with Gasteiger partial charge in [0, 0.05) is 91.2 Å². The predicted octanol–water partition coefficient (Wildman–Crippen LogP) is 25.0. The number of carbonyl (C=O) groups is 2. The third-order valence-corrected chi connectivity index (χ3v) is 38.2. The van der Waals surface area contributed by atoms with Crippen molar-refractivity contribution in [2.75, 3.05) is 12.3 Å². The van der Waals surface area contributed by atoms with Gasteiger partial charge in [0.1, 0.15) is 39.8 Å². The summed E-state index contributed by atoms with van der Waals surface area (Å²) in [5, 5.41) is 0. The number of hydrogen-bond donors (Lipinski definition) is 1. The Kier molecular flexibility index (Phi) is 38.1. The van der Waals surface area contributed by atoms with Gasteiger partial charge in [0.2, 0.25) is 0 Å². The number of aryl methyl sites for hydroxylation is 3. The molecule has 676 valence electrons. The standard InChI is InChI=1S/C20H24N2O.C18H21BrN2O.C18H22N2O.C18H18N2O.C15H20O3.C5H6N2.3C4H9.C2H3.Sn/c1-5-16-18(14-9-11-15(12-10-14)20(2,3)4)21-17-8-6-7-13-22(17)19(16)23;1-18(2,3)13-9-7-12(8-10-13)16-15(19)17(22)21-11-5-4-6-14(21)20-16;2*1-18(2,3)14-9-7-13(8-10-14)15-12-17(21)20-11-5-4-6-16(20)19-15;1-5-18-14(17)10-13(16)11-6-8-12(9-7-11)15(2,3)4;6-5-3-1-2-4-7-5;3*1-3-4-2;1-2;/h5,9-12H,1,6-8,13H2,2-4H3;7-10H,4-6,11H2,1-3H3;7-10,12H,4-6,11H2,1-3H3;4-12H,1-3H3;6-9H,5,10H2,1-4H3;1-4H,(H2,6,7);3*1,3-4H2,2H3;1H,2H2;. The van der Waals surface area contributed by atoms with E-state index in [1.807, 2.05) is 63.7 Å². The van der Waals surface area contributed by atoms with E-state index in [-0.39, 0.29) is 61.5 Å². The summed E-state index contributed by atoms with van der Waals surface area (Å²) >= 11 is 1.61. The molecule has 17 nitrogen and oxygen atoms in total. The molecule has 0 saturated heterocycles. The number of rotatable bonds is 19. The maximum atomic E-state index is 12.7. The molecule has 19 heteroatoms. The number of pyridine rings is 2. The molecule has 2 N–H and O–H groups in total. The van der Waals surface area contributed by atoms with Gasteiger partial charge in [0.25, 0.3) is 22.2 Å². The van der Waals surface area contributed by atoms with Gasteiger partial charge < -0.3 is 10.5 Å². The number of benzene rings is 5. The second kappa shape index (κ2) is 47.3. The van der Waals surface area contributed by atoms with E-state index in [2.05, 4.69) is 253 Å². The van der Waals surface area contributed by atoms with E-state index in [1.165, 1.54) is 60.8 Å². The Bertz CT molecular complexity index is 5660. The van der Waals surface area contributed by atoms with Crippen molar-refractivity contribution >= 4 is 63.6 Å². The number of Topliss-reactive ketones (excluding diaryl/α,β-unsaturated/α-hetero) is 1. The van der Waals surface area contributed by atoms with Gasteiger partial charge >= 0.3 is 108 Å². The van der Waals surface area contributed by atoms with Crippen LogP contribution in [-0.2, 0) is 75.5 Å². The van der Waals surface area contributed by atoms with Crippen LogP contribution in [0.3, 0.4) is 0 Å². The van der Waals surface area contributed by atoms with Gasteiger partial charge in [-0.05, 0) is 141 Å². The van der Waals surface area contributed by atoms with Crippen LogP contribution in [0.4, 0.5) is 5.82 Å². The molecule has 0 amide bonds. The van der Waals surface area contributed by atoms with Gasteiger partial charge in [0.05, 0.1) is 34.9 Å². The quantitative estimate of drug-likeness (QED) is 0.0345. The number of nitrogens with zero attached hydrogens (tertiary/aromatic N) is 9. The van der Waals surface area contributed by atoms with Crippen LogP contribution >= 0.6 is 15.9 Å². The number of carbonyl (C=O) groups excluding carboxylic acids is 2. The summed E-state index contributed by atoms with van der Waals surface area (Å²) in [7, 11) is 0. The Hall–Kier alpha value is -10.1. The molecule has 11 aromatic rings. The fourth-order valence-corrected chi connectivity index (χ4v) is 28.9. The van der Waals surface area contributed by atoms with Crippen molar-refractivity contribution in [3.05, 3.63) is 302 Å². The molecule has 0 radical (unpaired) electrons. The van der Waals surface area contributed by atoms with Crippen LogP contribution in [-0.4, -0.2) is 79.8 Å². The smallest absolute Gasteiger partial charge is 0.313 e. The van der Waals surface area contributed by atoms with Gasteiger partial charge in [0.15, 0.2) is 5.78 Å². The Morgan fingerprint density at radius 2 is 0.858 bits per heavy atom. The first-order chi connectivity index (χ1) is 60.2. The summed E-state index contributed by atoms with van der Waals surface area (Å²) in [6.45, 7) is 52.0. The summed E-state index contributed by atoms with van der Waals surface area (Å²) in [4.78, 5) is 95.1. The van der Waals surface area contributed by atoms with Crippen molar-refractivity contribution in [2.45, 2.75) is 294 Å². The average molecular weight is 1890 g/mol. The largest absolute Gasteiger partial charge is 0.466 e. The molecule has 127 heavy (non-hydrogen) atoms. The molecule has 0 bridgehead atoms. The second-order valence-electron chi connectivity index (χ2n) is 38.6. The maximum Gasteiger partial charge on any atom is 0.313 e. The van der Waals surface area contributed by atoms with Crippen LogP contribution in [0, 0.1) is 0 Å². The SMILES string of the molecule is C=Cc1c(-c2ccc(C(C)(C)C)cc2)nc2n(c1=O)CCCC2.C=[CH][Sn]([CH2]CCC)([CH2]CCC)[CH2]CCC.CC(C)(C)c1ccc(-c2cc(=O)n3c(n2)CCCC3)cc1.CC(C)(C)c1ccc(-c2cc(=O)n3ccccc3n2)cc1.CC(C)(C)c1ccc(-c2nc3n(c(=O)c2Br)CCCC3)cc1.CCOC(=O)CC(=O)c1ccc(C(C)(C)C)cc1.Nc1ccccn1. The summed E-state index contributed by atoms with van der Waals surface area (Å²) in [6.07, 6.45) is 22.5. The number of halogens is 1. The van der Waals surface area contributed by atoms with Crippen molar-refractivity contribution in [1.82, 2.24) is 43.0 Å². The van der Waals surface area contributed by atoms with E-state index in [0.717, 1.165) is 140 Å². The number of unbranched alkanes of at least 4 members (excludes halogenated alkanes) is 3. The van der Waals surface area contributed by atoms with Gasteiger partial charge in [-0.3, -0.25) is 46.9 Å². The zero-order valence-electron chi connectivity index (χ0n) is 79.5. The van der Waals surface area contributed by atoms with Crippen molar-refractivity contribution in [1.29, 1.82) is 0 Å². The molecule has 0 aliphatic carbocycles. The number of hydrogen-bond acceptors (Lipinski definition) is 13.